The van der Waals surface area contributed by atoms with E-state index in [4.69, 9.17) is 9.47 Å². The molecule has 0 bridgehead atoms. The van der Waals surface area contributed by atoms with Gasteiger partial charge in [-0.05, 0) is 49.1 Å². The molecule has 0 aromatic heterocycles. The Hall–Kier alpha value is -2.82. The van der Waals surface area contributed by atoms with Crippen molar-refractivity contribution < 1.29 is 19.1 Å². The van der Waals surface area contributed by atoms with E-state index in [2.05, 4.69) is 19.2 Å². The van der Waals surface area contributed by atoms with Crippen molar-refractivity contribution in [2.45, 2.75) is 39.7 Å². The highest BCUT2D eigenvalue weighted by atomic mass is 16.5. The molecule has 2 rings (SSSR count). The first-order valence-corrected chi connectivity index (χ1v) is 8.59. The number of rotatable bonds is 6. The van der Waals surface area contributed by atoms with Gasteiger partial charge in [0.2, 0.25) is 0 Å². The number of carbonyl (C=O) groups is 2. The lowest BCUT2D eigenvalue weighted by Crippen LogP contribution is -2.30. The molecule has 0 unspecified atom stereocenters. The second kappa shape index (κ2) is 8.52. The minimum absolute atomic E-state index is 0.284. The van der Waals surface area contributed by atoms with Crippen molar-refractivity contribution in [2.24, 2.45) is 0 Å². The van der Waals surface area contributed by atoms with E-state index in [1.165, 1.54) is 7.11 Å². The van der Waals surface area contributed by atoms with Crippen LogP contribution in [-0.4, -0.2) is 25.1 Å². The topological polar surface area (TPSA) is 64.6 Å². The third-order valence-corrected chi connectivity index (χ3v) is 4.13. The maximum absolute atomic E-state index is 12.5. The lowest BCUT2D eigenvalue weighted by molar-refractivity contribution is -0.122. The Kier molecular flexibility index (Phi) is 6.39. The van der Waals surface area contributed by atoms with Crippen LogP contribution in [0.3, 0.4) is 0 Å². The van der Waals surface area contributed by atoms with Crippen LogP contribution >= 0.6 is 0 Å². The van der Waals surface area contributed by atoms with Gasteiger partial charge in [0.25, 0.3) is 5.91 Å². The first kappa shape index (κ1) is 19.5. The Bertz CT molecular complexity index is 798. The molecular weight excluding hydrogens is 330 g/mol. The Morgan fingerprint density at radius 3 is 2.38 bits per heavy atom. The average Bonchev–Trinajstić information content (AvgIpc) is 2.63. The van der Waals surface area contributed by atoms with Crippen LogP contribution in [0.4, 0.5) is 5.69 Å². The summed E-state index contributed by atoms with van der Waals surface area (Å²) in [4.78, 5) is 24.2. The number of methoxy groups -OCH3 is 1. The van der Waals surface area contributed by atoms with Crippen LogP contribution in [0.5, 0.6) is 5.75 Å². The first-order valence-electron chi connectivity index (χ1n) is 8.59. The summed E-state index contributed by atoms with van der Waals surface area (Å²) in [7, 11) is 1.32. The Morgan fingerprint density at radius 2 is 1.73 bits per heavy atom. The number of carbonyl (C=O) groups excluding carboxylic acids is 2. The van der Waals surface area contributed by atoms with Crippen LogP contribution < -0.4 is 10.1 Å². The number of esters is 1. The zero-order valence-electron chi connectivity index (χ0n) is 15.8. The van der Waals surface area contributed by atoms with Crippen molar-refractivity contribution in [1.82, 2.24) is 0 Å². The highest BCUT2D eigenvalue weighted by Crippen LogP contribution is 2.27. The molecule has 0 aliphatic rings. The molecule has 5 nitrogen and oxygen atoms in total. The van der Waals surface area contributed by atoms with E-state index in [1.54, 1.807) is 25.1 Å². The predicted molar refractivity (Wildman–Crippen MR) is 102 cm³/mol. The van der Waals surface area contributed by atoms with E-state index in [-0.39, 0.29) is 5.91 Å². The zero-order valence-corrected chi connectivity index (χ0v) is 15.8. The van der Waals surface area contributed by atoms with Gasteiger partial charge in [-0.1, -0.05) is 38.1 Å². The lowest BCUT2D eigenvalue weighted by Gasteiger charge is -2.19. The molecular formula is C21H25NO4. The number of benzene rings is 2. The standard InChI is InChI=1S/C21H25NO4/c1-13(2)17-8-6-7-9-19(17)26-15(4)20(23)22-18-12-16(21(24)25-5)11-10-14(18)3/h6-13,15H,1-5H3,(H,22,23)/t15-/m1/s1. The number of hydrogen-bond acceptors (Lipinski definition) is 4. The second-order valence-corrected chi connectivity index (χ2v) is 6.46. The zero-order chi connectivity index (χ0) is 19.3. The molecule has 138 valence electrons. The van der Waals surface area contributed by atoms with Crippen LogP contribution in [0.2, 0.25) is 0 Å². The number of anilines is 1. The van der Waals surface area contributed by atoms with Crippen LogP contribution in [0.1, 0.15) is 48.2 Å². The Balaban J connectivity index is 2.14. The highest BCUT2D eigenvalue weighted by Gasteiger charge is 2.19. The van der Waals surface area contributed by atoms with E-state index >= 15 is 0 Å². The number of para-hydroxylation sites is 1. The van der Waals surface area contributed by atoms with Gasteiger partial charge in [-0.3, -0.25) is 4.79 Å². The predicted octanol–water partition coefficient (Wildman–Crippen LogP) is 4.31. The van der Waals surface area contributed by atoms with Crippen LogP contribution in [-0.2, 0) is 9.53 Å². The van der Waals surface area contributed by atoms with Gasteiger partial charge in [0, 0.05) is 5.69 Å². The van der Waals surface area contributed by atoms with E-state index in [1.807, 2.05) is 31.2 Å². The van der Waals surface area contributed by atoms with Crippen molar-refractivity contribution in [3.8, 4) is 5.75 Å². The summed E-state index contributed by atoms with van der Waals surface area (Å²) in [5, 5.41) is 2.83. The van der Waals surface area contributed by atoms with Crippen molar-refractivity contribution in [2.75, 3.05) is 12.4 Å². The highest BCUT2D eigenvalue weighted by molar-refractivity contribution is 5.97. The first-order chi connectivity index (χ1) is 12.3. The molecule has 0 aliphatic heterocycles. The minimum Gasteiger partial charge on any atom is -0.481 e. The quantitative estimate of drug-likeness (QED) is 0.784. The molecule has 2 aromatic carbocycles. The van der Waals surface area contributed by atoms with E-state index < -0.39 is 12.1 Å². The fraction of sp³-hybridized carbons (Fsp3) is 0.333. The van der Waals surface area contributed by atoms with Crippen LogP contribution in [0, 0.1) is 6.92 Å². The maximum atomic E-state index is 12.5. The van der Waals surface area contributed by atoms with Crippen molar-refractivity contribution in [3.63, 3.8) is 0 Å². The number of hydrogen-bond donors (Lipinski definition) is 1. The SMILES string of the molecule is COC(=O)c1ccc(C)c(NC(=O)[C@@H](C)Oc2ccccc2C(C)C)c1. The Morgan fingerprint density at radius 1 is 1.04 bits per heavy atom. The summed E-state index contributed by atoms with van der Waals surface area (Å²) in [5.41, 5.74) is 2.84. The smallest absolute Gasteiger partial charge is 0.337 e. The summed E-state index contributed by atoms with van der Waals surface area (Å²) in [6.07, 6.45) is -0.684. The van der Waals surface area contributed by atoms with Gasteiger partial charge in [0.15, 0.2) is 6.10 Å². The summed E-state index contributed by atoms with van der Waals surface area (Å²) in [6, 6.07) is 12.7. The Labute approximate surface area is 154 Å². The third-order valence-electron chi connectivity index (χ3n) is 4.13. The number of nitrogens with one attached hydrogen (secondary N) is 1. The summed E-state index contributed by atoms with van der Waals surface area (Å²) >= 11 is 0. The molecule has 26 heavy (non-hydrogen) atoms. The number of amides is 1. The fourth-order valence-electron chi connectivity index (χ4n) is 2.54. The molecule has 0 saturated heterocycles. The molecule has 5 heteroatoms. The van der Waals surface area contributed by atoms with Gasteiger partial charge < -0.3 is 14.8 Å². The van der Waals surface area contributed by atoms with Gasteiger partial charge in [-0.2, -0.15) is 0 Å². The molecule has 1 N–H and O–H groups in total. The molecule has 1 atom stereocenters. The van der Waals surface area contributed by atoms with Crippen molar-refractivity contribution in [3.05, 3.63) is 59.2 Å². The molecule has 1 amide bonds. The fourth-order valence-corrected chi connectivity index (χ4v) is 2.54. The van der Waals surface area contributed by atoms with Crippen LogP contribution in [0.25, 0.3) is 0 Å². The van der Waals surface area contributed by atoms with E-state index in [0.717, 1.165) is 11.1 Å². The third kappa shape index (κ3) is 4.63. The molecule has 0 radical (unpaired) electrons. The minimum atomic E-state index is -0.684. The van der Waals surface area contributed by atoms with Gasteiger partial charge >= 0.3 is 5.97 Å². The summed E-state index contributed by atoms with van der Waals surface area (Å²) in [6.45, 7) is 7.71. The average molecular weight is 355 g/mol. The summed E-state index contributed by atoms with van der Waals surface area (Å²) in [5.74, 6) is 0.259. The van der Waals surface area contributed by atoms with Crippen LogP contribution in [0.15, 0.2) is 42.5 Å². The monoisotopic (exact) mass is 355 g/mol. The molecule has 0 saturated carbocycles. The molecule has 0 fully saturated rings. The molecule has 0 aliphatic carbocycles. The maximum Gasteiger partial charge on any atom is 0.337 e. The van der Waals surface area contributed by atoms with Crippen molar-refractivity contribution >= 4 is 17.6 Å². The molecule has 0 heterocycles. The van der Waals surface area contributed by atoms with Gasteiger partial charge in [0.05, 0.1) is 12.7 Å². The lowest BCUT2D eigenvalue weighted by atomic mass is 10.0. The largest absolute Gasteiger partial charge is 0.481 e. The summed E-state index contributed by atoms with van der Waals surface area (Å²) < 4.78 is 10.6. The molecule has 0 spiro atoms. The van der Waals surface area contributed by atoms with Crippen molar-refractivity contribution in [1.29, 1.82) is 0 Å². The molecule has 2 aromatic rings. The second-order valence-electron chi connectivity index (χ2n) is 6.46. The van der Waals surface area contributed by atoms with E-state index in [0.29, 0.717) is 22.9 Å². The number of aryl methyl sites for hydroxylation is 1. The van der Waals surface area contributed by atoms with Gasteiger partial charge in [0.1, 0.15) is 5.75 Å². The normalized spacial score (nSPS) is 11.8. The van der Waals surface area contributed by atoms with E-state index in [9.17, 15) is 9.59 Å². The van der Waals surface area contributed by atoms with Gasteiger partial charge in [-0.25, -0.2) is 4.79 Å². The van der Waals surface area contributed by atoms with Gasteiger partial charge in [-0.15, -0.1) is 0 Å². The number of ether oxygens (including phenoxy) is 2.